The van der Waals surface area contributed by atoms with Gasteiger partial charge in [0.05, 0.1) is 18.2 Å². The number of hydrogen-bond donors (Lipinski definition) is 3. The predicted octanol–water partition coefficient (Wildman–Crippen LogP) is 0.428. The minimum Gasteiger partial charge on any atom is -0.392 e. The summed E-state index contributed by atoms with van der Waals surface area (Å²) in [5.74, 6) is 0. The van der Waals surface area contributed by atoms with Crippen LogP contribution in [0.5, 0.6) is 0 Å². The molecular formula is C10H15NO2. The van der Waals surface area contributed by atoms with Crippen LogP contribution in [0.4, 0.5) is 0 Å². The third kappa shape index (κ3) is 2.52. The molecule has 1 rings (SSSR count). The zero-order valence-corrected chi connectivity index (χ0v) is 7.59. The number of aliphatic hydroxyl groups excluding tert-OH is 2. The Morgan fingerprint density at radius 3 is 2.15 bits per heavy atom. The molecule has 0 aliphatic heterocycles. The van der Waals surface area contributed by atoms with Crippen LogP contribution in [0.2, 0.25) is 0 Å². The lowest BCUT2D eigenvalue weighted by Gasteiger charge is -2.21. The molecule has 0 aromatic heterocycles. The molecule has 0 radical (unpaired) electrons. The predicted molar refractivity (Wildman–Crippen MR) is 51.1 cm³/mol. The van der Waals surface area contributed by atoms with Gasteiger partial charge in [-0.05, 0) is 12.5 Å². The molecule has 0 saturated heterocycles. The Balaban J connectivity index is 2.73. The van der Waals surface area contributed by atoms with Crippen molar-refractivity contribution in [3.8, 4) is 0 Å². The molecule has 13 heavy (non-hydrogen) atoms. The van der Waals surface area contributed by atoms with Gasteiger partial charge in [0, 0.05) is 0 Å². The average molecular weight is 181 g/mol. The van der Waals surface area contributed by atoms with E-state index >= 15 is 0 Å². The van der Waals surface area contributed by atoms with Gasteiger partial charge in [0.25, 0.3) is 0 Å². The first-order valence-electron chi connectivity index (χ1n) is 4.29. The van der Waals surface area contributed by atoms with Gasteiger partial charge in [0.1, 0.15) is 0 Å². The van der Waals surface area contributed by atoms with Gasteiger partial charge in [-0.25, -0.2) is 0 Å². The SMILES string of the molecule is CC(O)C(N)C(O)c1ccccc1. The summed E-state index contributed by atoms with van der Waals surface area (Å²) in [5, 5.41) is 18.8. The summed E-state index contributed by atoms with van der Waals surface area (Å²) in [6.07, 6.45) is -1.52. The maximum Gasteiger partial charge on any atom is 0.0966 e. The van der Waals surface area contributed by atoms with E-state index in [4.69, 9.17) is 10.8 Å². The Morgan fingerprint density at radius 1 is 1.15 bits per heavy atom. The van der Waals surface area contributed by atoms with Gasteiger partial charge >= 0.3 is 0 Å². The molecule has 0 fully saturated rings. The smallest absolute Gasteiger partial charge is 0.0966 e. The first-order chi connectivity index (χ1) is 6.13. The van der Waals surface area contributed by atoms with Crippen molar-refractivity contribution in [3.63, 3.8) is 0 Å². The third-order valence-corrected chi connectivity index (χ3v) is 2.06. The van der Waals surface area contributed by atoms with Crippen molar-refractivity contribution in [2.45, 2.75) is 25.2 Å². The van der Waals surface area contributed by atoms with E-state index < -0.39 is 18.2 Å². The van der Waals surface area contributed by atoms with E-state index in [-0.39, 0.29) is 0 Å². The maximum absolute atomic E-state index is 9.67. The molecule has 72 valence electrons. The summed E-state index contributed by atoms with van der Waals surface area (Å²) in [4.78, 5) is 0. The van der Waals surface area contributed by atoms with Gasteiger partial charge in [0.15, 0.2) is 0 Å². The van der Waals surface area contributed by atoms with E-state index in [2.05, 4.69) is 0 Å². The van der Waals surface area contributed by atoms with Crippen molar-refractivity contribution in [2.75, 3.05) is 0 Å². The van der Waals surface area contributed by atoms with Gasteiger partial charge in [-0.3, -0.25) is 0 Å². The third-order valence-electron chi connectivity index (χ3n) is 2.06. The van der Waals surface area contributed by atoms with E-state index in [1.165, 1.54) is 0 Å². The lowest BCUT2D eigenvalue weighted by Crippen LogP contribution is -2.38. The summed E-state index contributed by atoms with van der Waals surface area (Å²) in [7, 11) is 0. The van der Waals surface area contributed by atoms with Gasteiger partial charge in [-0.15, -0.1) is 0 Å². The lowest BCUT2D eigenvalue weighted by molar-refractivity contribution is 0.0650. The van der Waals surface area contributed by atoms with Gasteiger partial charge in [0.2, 0.25) is 0 Å². The van der Waals surface area contributed by atoms with E-state index in [1.54, 1.807) is 19.1 Å². The second-order valence-electron chi connectivity index (χ2n) is 3.17. The molecule has 0 aliphatic carbocycles. The normalized spacial score (nSPS) is 17.8. The Bertz CT molecular complexity index is 248. The standard InChI is InChI=1S/C10H15NO2/c1-7(12)9(11)10(13)8-5-3-2-4-6-8/h2-7,9-10,12-13H,11H2,1H3. The van der Waals surface area contributed by atoms with Crippen LogP contribution in [0, 0.1) is 0 Å². The highest BCUT2D eigenvalue weighted by molar-refractivity contribution is 5.18. The fourth-order valence-corrected chi connectivity index (χ4v) is 1.14. The van der Waals surface area contributed by atoms with E-state index in [9.17, 15) is 5.11 Å². The van der Waals surface area contributed by atoms with Crippen LogP contribution in [0.1, 0.15) is 18.6 Å². The van der Waals surface area contributed by atoms with Crippen molar-refractivity contribution in [3.05, 3.63) is 35.9 Å². The van der Waals surface area contributed by atoms with Crippen LogP contribution in [0.25, 0.3) is 0 Å². The van der Waals surface area contributed by atoms with Crippen LogP contribution >= 0.6 is 0 Å². The lowest BCUT2D eigenvalue weighted by atomic mass is 10.00. The van der Waals surface area contributed by atoms with Crippen LogP contribution in [0.3, 0.4) is 0 Å². The van der Waals surface area contributed by atoms with Crippen LogP contribution in [-0.4, -0.2) is 22.4 Å². The average Bonchev–Trinajstić information content (AvgIpc) is 2.17. The molecular weight excluding hydrogens is 166 g/mol. The molecule has 0 heterocycles. The van der Waals surface area contributed by atoms with Gasteiger partial charge < -0.3 is 15.9 Å². The van der Waals surface area contributed by atoms with Crippen molar-refractivity contribution >= 4 is 0 Å². The highest BCUT2D eigenvalue weighted by atomic mass is 16.3. The number of nitrogens with two attached hydrogens (primary N) is 1. The zero-order chi connectivity index (χ0) is 9.84. The first-order valence-corrected chi connectivity index (χ1v) is 4.29. The highest BCUT2D eigenvalue weighted by Gasteiger charge is 2.20. The van der Waals surface area contributed by atoms with Crippen molar-refractivity contribution < 1.29 is 10.2 Å². The second-order valence-corrected chi connectivity index (χ2v) is 3.17. The molecule has 4 N–H and O–H groups in total. The second kappa shape index (κ2) is 4.37. The zero-order valence-electron chi connectivity index (χ0n) is 7.59. The Labute approximate surface area is 77.8 Å². The molecule has 0 saturated carbocycles. The largest absolute Gasteiger partial charge is 0.392 e. The van der Waals surface area contributed by atoms with Crippen LogP contribution < -0.4 is 5.73 Å². The molecule has 0 spiro atoms. The van der Waals surface area contributed by atoms with Crippen LogP contribution in [-0.2, 0) is 0 Å². The fourth-order valence-electron chi connectivity index (χ4n) is 1.14. The van der Waals surface area contributed by atoms with Crippen LogP contribution in [0.15, 0.2) is 30.3 Å². The summed E-state index contributed by atoms with van der Waals surface area (Å²) in [5.41, 5.74) is 6.32. The van der Waals surface area contributed by atoms with E-state index in [1.807, 2.05) is 18.2 Å². The number of rotatable bonds is 3. The molecule has 3 unspecified atom stereocenters. The molecule has 0 bridgehead atoms. The van der Waals surface area contributed by atoms with Gasteiger partial charge in [-0.1, -0.05) is 30.3 Å². The Hall–Kier alpha value is -0.900. The minimum absolute atomic E-state index is 0.637. The molecule has 3 heteroatoms. The van der Waals surface area contributed by atoms with E-state index in [0.717, 1.165) is 5.56 Å². The summed E-state index contributed by atoms with van der Waals surface area (Å²) < 4.78 is 0. The quantitative estimate of drug-likeness (QED) is 0.633. The molecule has 1 aromatic carbocycles. The monoisotopic (exact) mass is 181 g/mol. The summed E-state index contributed by atoms with van der Waals surface area (Å²) in [6, 6.07) is 8.45. The summed E-state index contributed by atoms with van der Waals surface area (Å²) >= 11 is 0. The molecule has 0 aliphatic rings. The maximum atomic E-state index is 9.67. The first kappa shape index (κ1) is 10.2. The Kier molecular flexibility index (Phi) is 3.42. The fraction of sp³-hybridized carbons (Fsp3) is 0.400. The van der Waals surface area contributed by atoms with Crippen molar-refractivity contribution in [1.82, 2.24) is 0 Å². The van der Waals surface area contributed by atoms with Crippen molar-refractivity contribution in [2.24, 2.45) is 5.73 Å². The summed E-state index contributed by atoms with van der Waals surface area (Å²) in [6.45, 7) is 1.57. The molecule has 1 aromatic rings. The van der Waals surface area contributed by atoms with Crippen molar-refractivity contribution in [1.29, 1.82) is 0 Å². The van der Waals surface area contributed by atoms with Gasteiger partial charge in [-0.2, -0.15) is 0 Å². The topological polar surface area (TPSA) is 66.5 Å². The van der Waals surface area contributed by atoms with E-state index in [0.29, 0.717) is 0 Å². The number of benzene rings is 1. The number of hydrogen-bond acceptors (Lipinski definition) is 3. The Morgan fingerprint density at radius 2 is 1.69 bits per heavy atom. The minimum atomic E-state index is -0.804. The number of aliphatic hydroxyl groups is 2. The molecule has 0 amide bonds. The molecule has 3 atom stereocenters. The molecule has 3 nitrogen and oxygen atoms in total. The highest BCUT2D eigenvalue weighted by Crippen LogP contribution is 2.16.